The molecule has 0 amide bonds. The fourth-order valence-corrected chi connectivity index (χ4v) is 2.35. The average Bonchev–Trinajstić information content (AvgIpc) is 2.38. The van der Waals surface area contributed by atoms with Crippen LogP contribution in [0.5, 0.6) is 0 Å². The summed E-state index contributed by atoms with van der Waals surface area (Å²) in [5.41, 5.74) is 4.66. The van der Waals surface area contributed by atoms with E-state index in [1.54, 1.807) is 0 Å². The number of nitrogen functional groups attached to an aromatic ring is 1. The molecule has 21 heavy (non-hydrogen) atoms. The number of halogens is 3. The van der Waals surface area contributed by atoms with E-state index in [0.29, 0.717) is 6.54 Å². The van der Waals surface area contributed by atoms with Crippen molar-refractivity contribution in [2.75, 3.05) is 51.3 Å². The summed E-state index contributed by atoms with van der Waals surface area (Å²) in [6.45, 7) is 3.30. The van der Waals surface area contributed by atoms with E-state index in [1.165, 1.54) is 0 Å². The Labute approximate surface area is 121 Å². The molecule has 0 radical (unpaired) electrons. The number of aromatic nitrogens is 1. The van der Waals surface area contributed by atoms with E-state index in [9.17, 15) is 13.2 Å². The molecular weight excluding hydrogens is 283 g/mol. The largest absolute Gasteiger partial charge is 0.416 e. The van der Waals surface area contributed by atoms with Crippen molar-refractivity contribution < 1.29 is 13.2 Å². The van der Waals surface area contributed by atoms with Gasteiger partial charge in [0, 0.05) is 32.2 Å². The maximum atomic E-state index is 12.7. The number of rotatable bonds is 3. The first-order chi connectivity index (χ1) is 9.75. The molecular formula is C13H20F3N5. The van der Waals surface area contributed by atoms with Gasteiger partial charge in [0.25, 0.3) is 0 Å². The third-order valence-electron chi connectivity index (χ3n) is 3.67. The van der Waals surface area contributed by atoms with Crippen molar-refractivity contribution in [1.82, 2.24) is 14.8 Å². The zero-order chi connectivity index (χ0) is 15.6. The van der Waals surface area contributed by atoms with Crippen molar-refractivity contribution in [1.29, 1.82) is 0 Å². The van der Waals surface area contributed by atoms with Gasteiger partial charge in [0.1, 0.15) is 11.6 Å². The van der Waals surface area contributed by atoms with Gasteiger partial charge in [-0.3, -0.25) is 4.90 Å². The maximum absolute atomic E-state index is 12.7. The third-order valence-corrected chi connectivity index (χ3v) is 3.67. The molecule has 5 nitrogen and oxygen atoms in total. The van der Waals surface area contributed by atoms with Gasteiger partial charge in [0.15, 0.2) is 0 Å². The first-order valence-corrected chi connectivity index (χ1v) is 6.73. The van der Waals surface area contributed by atoms with Gasteiger partial charge in [-0.25, -0.2) is 4.98 Å². The highest BCUT2D eigenvalue weighted by Crippen LogP contribution is 2.31. The number of piperazine rings is 1. The Morgan fingerprint density at radius 3 is 2.71 bits per heavy atom. The molecule has 0 aromatic carbocycles. The molecule has 0 saturated carbocycles. The van der Waals surface area contributed by atoms with Gasteiger partial charge in [-0.2, -0.15) is 13.2 Å². The second-order valence-corrected chi connectivity index (χ2v) is 5.44. The SMILES string of the molecule is CN1CCN(C)C(CNc2cc(C(F)(F)F)cc(N)n2)C1. The number of nitrogens with one attached hydrogen (secondary N) is 1. The molecule has 1 aliphatic heterocycles. The fourth-order valence-electron chi connectivity index (χ4n) is 2.35. The molecule has 0 spiro atoms. The number of nitrogens with zero attached hydrogens (tertiary/aromatic N) is 3. The van der Waals surface area contributed by atoms with Crippen molar-refractivity contribution in [2.24, 2.45) is 0 Å². The molecule has 1 aromatic rings. The Morgan fingerprint density at radius 1 is 1.33 bits per heavy atom. The number of alkyl halides is 3. The lowest BCUT2D eigenvalue weighted by atomic mass is 10.2. The van der Waals surface area contributed by atoms with Gasteiger partial charge in [0.05, 0.1) is 5.56 Å². The maximum Gasteiger partial charge on any atom is 0.416 e. The Kier molecular flexibility index (Phi) is 4.58. The second-order valence-electron chi connectivity index (χ2n) is 5.44. The minimum absolute atomic E-state index is 0.138. The molecule has 1 unspecified atom stereocenters. The molecule has 2 heterocycles. The number of anilines is 2. The average molecular weight is 303 g/mol. The third kappa shape index (κ3) is 4.21. The predicted octanol–water partition coefficient (Wildman–Crippen LogP) is 1.34. The molecule has 1 atom stereocenters. The van der Waals surface area contributed by atoms with Crippen LogP contribution in [0.3, 0.4) is 0 Å². The van der Waals surface area contributed by atoms with Crippen LogP contribution in [-0.2, 0) is 6.18 Å². The van der Waals surface area contributed by atoms with E-state index in [-0.39, 0.29) is 17.7 Å². The van der Waals surface area contributed by atoms with Crippen LogP contribution in [0.25, 0.3) is 0 Å². The molecule has 1 aromatic heterocycles. The molecule has 0 bridgehead atoms. The molecule has 2 rings (SSSR count). The van der Waals surface area contributed by atoms with E-state index in [4.69, 9.17) is 5.73 Å². The molecule has 0 aliphatic carbocycles. The number of likely N-dealkylation sites (N-methyl/N-ethyl adjacent to an activating group) is 2. The van der Waals surface area contributed by atoms with Gasteiger partial charge in [-0.1, -0.05) is 0 Å². The number of hydrogen-bond acceptors (Lipinski definition) is 5. The van der Waals surface area contributed by atoms with Gasteiger partial charge in [0.2, 0.25) is 0 Å². The lowest BCUT2D eigenvalue weighted by Gasteiger charge is -2.37. The highest BCUT2D eigenvalue weighted by Gasteiger charge is 2.31. The summed E-state index contributed by atoms with van der Waals surface area (Å²) < 4.78 is 38.2. The molecule has 8 heteroatoms. The number of hydrogen-bond donors (Lipinski definition) is 2. The van der Waals surface area contributed by atoms with Crippen molar-refractivity contribution in [3.63, 3.8) is 0 Å². The van der Waals surface area contributed by atoms with Crippen LogP contribution in [0, 0.1) is 0 Å². The summed E-state index contributed by atoms with van der Waals surface area (Å²) >= 11 is 0. The summed E-state index contributed by atoms with van der Waals surface area (Å²) in [7, 11) is 4.04. The van der Waals surface area contributed by atoms with Gasteiger partial charge in [-0.05, 0) is 26.2 Å². The fraction of sp³-hybridized carbons (Fsp3) is 0.615. The van der Waals surface area contributed by atoms with Crippen molar-refractivity contribution >= 4 is 11.6 Å². The molecule has 1 saturated heterocycles. The second kappa shape index (κ2) is 6.07. The Balaban J connectivity index is 2.04. The standard InChI is InChI=1S/C13H20F3N5/c1-20-3-4-21(2)10(8-20)7-18-12-6-9(13(14,15)16)5-11(17)19-12/h5-6,10H,3-4,7-8H2,1-2H3,(H3,17,18,19). The quantitative estimate of drug-likeness (QED) is 0.882. The van der Waals surface area contributed by atoms with Crippen molar-refractivity contribution in [2.45, 2.75) is 12.2 Å². The molecule has 1 fully saturated rings. The summed E-state index contributed by atoms with van der Waals surface area (Å²) in [5, 5.41) is 2.96. The Hall–Kier alpha value is -1.54. The van der Waals surface area contributed by atoms with Crippen LogP contribution in [0.4, 0.5) is 24.8 Å². The van der Waals surface area contributed by atoms with Gasteiger partial charge >= 0.3 is 6.18 Å². The van der Waals surface area contributed by atoms with Crippen LogP contribution in [0.2, 0.25) is 0 Å². The summed E-state index contributed by atoms with van der Waals surface area (Å²) in [6, 6.07) is 2.05. The number of nitrogens with two attached hydrogens (primary N) is 1. The zero-order valence-electron chi connectivity index (χ0n) is 12.1. The Morgan fingerprint density at radius 2 is 2.05 bits per heavy atom. The smallest absolute Gasteiger partial charge is 0.384 e. The normalized spacial score (nSPS) is 21.5. The van der Waals surface area contributed by atoms with Crippen LogP contribution >= 0.6 is 0 Å². The van der Waals surface area contributed by atoms with E-state index >= 15 is 0 Å². The zero-order valence-corrected chi connectivity index (χ0v) is 12.1. The summed E-state index contributed by atoms with van der Waals surface area (Å²) in [4.78, 5) is 8.29. The topological polar surface area (TPSA) is 57.4 Å². The highest BCUT2D eigenvalue weighted by atomic mass is 19.4. The molecule has 1 aliphatic rings. The van der Waals surface area contributed by atoms with E-state index in [2.05, 4.69) is 20.1 Å². The predicted molar refractivity (Wildman–Crippen MR) is 76.1 cm³/mol. The first-order valence-electron chi connectivity index (χ1n) is 6.73. The lowest BCUT2D eigenvalue weighted by Crippen LogP contribution is -2.52. The van der Waals surface area contributed by atoms with Crippen molar-refractivity contribution in [3.8, 4) is 0 Å². The highest BCUT2D eigenvalue weighted by molar-refractivity contribution is 5.47. The van der Waals surface area contributed by atoms with Crippen LogP contribution in [-0.4, -0.2) is 61.1 Å². The summed E-state index contributed by atoms with van der Waals surface area (Å²) in [6.07, 6.45) is -4.42. The Bertz CT molecular complexity index is 491. The van der Waals surface area contributed by atoms with Crippen molar-refractivity contribution in [3.05, 3.63) is 17.7 Å². The van der Waals surface area contributed by atoms with Gasteiger partial charge < -0.3 is 16.0 Å². The minimum Gasteiger partial charge on any atom is -0.384 e. The van der Waals surface area contributed by atoms with E-state index < -0.39 is 11.7 Å². The van der Waals surface area contributed by atoms with Gasteiger partial charge in [-0.15, -0.1) is 0 Å². The minimum atomic E-state index is -4.42. The van der Waals surface area contributed by atoms with Crippen LogP contribution in [0.1, 0.15) is 5.56 Å². The monoisotopic (exact) mass is 303 g/mol. The van der Waals surface area contributed by atoms with E-state index in [1.807, 2.05) is 14.1 Å². The molecule has 3 N–H and O–H groups in total. The summed E-state index contributed by atoms with van der Waals surface area (Å²) in [5.74, 6) is 0.0189. The van der Waals surface area contributed by atoms with Crippen LogP contribution in [0.15, 0.2) is 12.1 Å². The van der Waals surface area contributed by atoms with E-state index in [0.717, 1.165) is 31.8 Å². The lowest BCUT2D eigenvalue weighted by molar-refractivity contribution is -0.137. The molecule has 118 valence electrons. The number of pyridine rings is 1. The van der Waals surface area contributed by atoms with Crippen LogP contribution < -0.4 is 11.1 Å². The first kappa shape index (κ1) is 15.8.